The van der Waals surface area contributed by atoms with Crippen molar-refractivity contribution >= 4 is 28.3 Å². The van der Waals surface area contributed by atoms with Gasteiger partial charge in [0.2, 0.25) is 5.13 Å². The number of aliphatic carboxylic acids is 1. The van der Waals surface area contributed by atoms with E-state index in [1.165, 1.54) is 17.6 Å². The predicted octanol–water partition coefficient (Wildman–Crippen LogP) is 1.88. The second-order valence-corrected chi connectivity index (χ2v) is 5.16. The van der Waals surface area contributed by atoms with Gasteiger partial charge in [-0.3, -0.25) is 14.9 Å². The van der Waals surface area contributed by atoms with Gasteiger partial charge in [-0.25, -0.2) is 0 Å². The SMILES string of the molecule is CCc1nnc(NC(=O)c2c(C)coc2CC(=O)O)s1. The van der Waals surface area contributed by atoms with Crippen molar-refractivity contribution in [2.45, 2.75) is 26.7 Å². The van der Waals surface area contributed by atoms with Crippen LogP contribution in [0.1, 0.15) is 33.6 Å². The average molecular weight is 295 g/mol. The van der Waals surface area contributed by atoms with Gasteiger partial charge < -0.3 is 9.52 Å². The lowest BCUT2D eigenvalue weighted by Gasteiger charge is -2.02. The van der Waals surface area contributed by atoms with E-state index in [2.05, 4.69) is 15.5 Å². The highest BCUT2D eigenvalue weighted by atomic mass is 32.1. The fraction of sp³-hybridized carbons (Fsp3) is 0.333. The Hall–Kier alpha value is -2.22. The number of carbonyl (C=O) groups excluding carboxylic acids is 1. The number of hydrogen-bond acceptors (Lipinski definition) is 6. The number of furan rings is 1. The number of hydrogen-bond donors (Lipinski definition) is 2. The van der Waals surface area contributed by atoms with E-state index < -0.39 is 11.9 Å². The van der Waals surface area contributed by atoms with Crippen molar-refractivity contribution in [3.63, 3.8) is 0 Å². The summed E-state index contributed by atoms with van der Waals surface area (Å²) in [7, 11) is 0. The van der Waals surface area contributed by atoms with Crippen LogP contribution >= 0.6 is 11.3 Å². The summed E-state index contributed by atoms with van der Waals surface area (Å²) in [5, 5.41) is 20.3. The molecule has 0 fully saturated rings. The molecule has 2 rings (SSSR count). The number of nitrogens with one attached hydrogen (secondary N) is 1. The number of amides is 1. The Balaban J connectivity index is 2.20. The Labute approximate surface area is 118 Å². The van der Waals surface area contributed by atoms with Crippen molar-refractivity contribution in [2.75, 3.05) is 5.32 Å². The molecule has 2 aromatic heterocycles. The van der Waals surface area contributed by atoms with Gasteiger partial charge in [-0.15, -0.1) is 10.2 Å². The zero-order valence-electron chi connectivity index (χ0n) is 11.0. The summed E-state index contributed by atoms with van der Waals surface area (Å²) in [6.45, 7) is 3.62. The number of carboxylic acids is 1. The third kappa shape index (κ3) is 3.02. The zero-order valence-corrected chi connectivity index (χ0v) is 11.8. The van der Waals surface area contributed by atoms with Gasteiger partial charge in [0.25, 0.3) is 5.91 Å². The van der Waals surface area contributed by atoms with E-state index in [1.54, 1.807) is 6.92 Å². The van der Waals surface area contributed by atoms with Crippen LogP contribution in [-0.2, 0) is 17.6 Å². The minimum absolute atomic E-state index is 0.132. The lowest BCUT2D eigenvalue weighted by molar-refractivity contribution is -0.136. The molecule has 7 nitrogen and oxygen atoms in total. The summed E-state index contributed by atoms with van der Waals surface area (Å²) < 4.78 is 5.12. The lowest BCUT2D eigenvalue weighted by Crippen LogP contribution is -2.15. The molecule has 0 aliphatic rings. The summed E-state index contributed by atoms with van der Waals surface area (Å²) in [6, 6.07) is 0. The summed E-state index contributed by atoms with van der Waals surface area (Å²) in [6.07, 6.45) is 1.76. The fourth-order valence-electron chi connectivity index (χ4n) is 1.68. The normalized spacial score (nSPS) is 10.5. The molecule has 0 saturated heterocycles. The van der Waals surface area contributed by atoms with E-state index >= 15 is 0 Å². The number of carboxylic acid groups (broad SMARTS) is 1. The molecule has 0 atom stereocenters. The number of carbonyl (C=O) groups is 2. The number of anilines is 1. The minimum atomic E-state index is -1.06. The van der Waals surface area contributed by atoms with Crippen LogP contribution in [0.25, 0.3) is 0 Å². The molecule has 0 unspecified atom stereocenters. The molecule has 0 aliphatic heterocycles. The van der Waals surface area contributed by atoms with Crippen LogP contribution in [0.5, 0.6) is 0 Å². The van der Waals surface area contributed by atoms with E-state index in [4.69, 9.17) is 9.52 Å². The summed E-state index contributed by atoms with van der Waals surface area (Å²) in [4.78, 5) is 22.9. The molecule has 0 bridgehead atoms. The first kappa shape index (κ1) is 14.2. The van der Waals surface area contributed by atoms with E-state index in [1.807, 2.05) is 6.92 Å². The summed E-state index contributed by atoms with van der Waals surface area (Å²) in [5.74, 6) is -1.36. The van der Waals surface area contributed by atoms with Crippen molar-refractivity contribution in [1.82, 2.24) is 10.2 Å². The maximum atomic E-state index is 12.2. The van der Waals surface area contributed by atoms with Crippen LogP contribution in [0.2, 0.25) is 0 Å². The molecule has 0 aromatic carbocycles. The maximum absolute atomic E-state index is 12.2. The molecule has 20 heavy (non-hydrogen) atoms. The summed E-state index contributed by atoms with van der Waals surface area (Å²) in [5.41, 5.74) is 0.819. The largest absolute Gasteiger partial charge is 0.481 e. The van der Waals surface area contributed by atoms with Gasteiger partial charge >= 0.3 is 5.97 Å². The monoisotopic (exact) mass is 295 g/mol. The first-order valence-corrected chi connectivity index (χ1v) is 6.75. The van der Waals surface area contributed by atoms with Crippen LogP contribution < -0.4 is 5.32 Å². The minimum Gasteiger partial charge on any atom is -0.481 e. The second-order valence-electron chi connectivity index (χ2n) is 4.10. The second kappa shape index (κ2) is 5.83. The number of nitrogens with zero attached hydrogens (tertiary/aromatic N) is 2. The molecular weight excluding hydrogens is 282 g/mol. The van der Waals surface area contributed by atoms with Crippen molar-refractivity contribution < 1.29 is 19.1 Å². The third-order valence-corrected chi connectivity index (χ3v) is 3.56. The Morgan fingerprint density at radius 3 is 2.80 bits per heavy atom. The maximum Gasteiger partial charge on any atom is 0.311 e. The van der Waals surface area contributed by atoms with Crippen molar-refractivity contribution in [1.29, 1.82) is 0 Å². The molecule has 2 aromatic rings. The van der Waals surface area contributed by atoms with Crippen LogP contribution in [0.15, 0.2) is 10.7 Å². The van der Waals surface area contributed by atoms with Gasteiger partial charge in [0.15, 0.2) is 0 Å². The first-order valence-electron chi connectivity index (χ1n) is 5.93. The van der Waals surface area contributed by atoms with Crippen molar-refractivity contribution in [3.8, 4) is 0 Å². The standard InChI is InChI=1S/C12H13N3O4S/c1-3-8-14-15-12(20-8)13-11(18)10-6(2)5-19-7(10)4-9(16)17/h5H,3-4H2,1-2H3,(H,16,17)(H,13,15,18). The highest BCUT2D eigenvalue weighted by Crippen LogP contribution is 2.21. The molecule has 0 saturated carbocycles. The van der Waals surface area contributed by atoms with Crippen LogP contribution in [-0.4, -0.2) is 27.2 Å². The molecule has 106 valence electrons. The third-order valence-electron chi connectivity index (χ3n) is 2.58. The molecule has 2 N–H and O–H groups in total. The molecule has 2 heterocycles. The Morgan fingerprint density at radius 2 is 2.20 bits per heavy atom. The van der Waals surface area contributed by atoms with Gasteiger partial charge in [0, 0.05) is 5.56 Å². The molecule has 1 amide bonds. The number of rotatable bonds is 5. The first-order chi connectivity index (χ1) is 9.51. The van der Waals surface area contributed by atoms with Crippen LogP contribution in [0, 0.1) is 6.92 Å². The highest BCUT2D eigenvalue weighted by molar-refractivity contribution is 7.15. The fourth-order valence-corrected chi connectivity index (χ4v) is 2.35. The van der Waals surface area contributed by atoms with E-state index in [0.29, 0.717) is 10.7 Å². The van der Waals surface area contributed by atoms with Gasteiger partial charge in [-0.1, -0.05) is 18.3 Å². The Morgan fingerprint density at radius 1 is 1.45 bits per heavy atom. The zero-order chi connectivity index (χ0) is 14.7. The Bertz CT molecular complexity index is 647. The van der Waals surface area contributed by atoms with Gasteiger partial charge in [0.1, 0.15) is 17.2 Å². The van der Waals surface area contributed by atoms with Crippen LogP contribution in [0.3, 0.4) is 0 Å². The van der Waals surface area contributed by atoms with Crippen molar-refractivity contribution in [2.24, 2.45) is 0 Å². The topological polar surface area (TPSA) is 105 Å². The predicted molar refractivity (Wildman–Crippen MR) is 72.0 cm³/mol. The van der Waals surface area contributed by atoms with Crippen LogP contribution in [0.4, 0.5) is 5.13 Å². The van der Waals surface area contributed by atoms with E-state index in [9.17, 15) is 9.59 Å². The smallest absolute Gasteiger partial charge is 0.311 e. The summed E-state index contributed by atoms with van der Waals surface area (Å²) >= 11 is 1.28. The van der Waals surface area contributed by atoms with Gasteiger partial charge in [-0.2, -0.15) is 0 Å². The molecule has 0 spiro atoms. The number of aryl methyl sites for hydroxylation is 2. The average Bonchev–Trinajstić information content (AvgIpc) is 2.96. The van der Waals surface area contributed by atoms with E-state index in [-0.39, 0.29) is 17.7 Å². The molecule has 0 aliphatic carbocycles. The van der Waals surface area contributed by atoms with Gasteiger partial charge in [0.05, 0.1) is 11.8 Å². The molecule has 0 radical (unpaired) electrons. The molecule has 8 heteroatoms. The number of aromatic nitrogens is 2. The van der Waals surface area contributed by atoms with Crippen molar-refractivity contribution in [3.05, 3.63) is 28.2 Å². The lowest BCUT2D eigenvalue weighted by atomic mass is 10.1. The quantitative estimate of drug-likeness (QED) is 0.872. The van der Waals surface area contributed by atoms with Gasteiger partial charge in [-0.05, 0) is 13.3 Å². The van der Waals surface area contributed by atoms with E-state index in [0.717, 1.165) is 11.4 Å². The Kier molecular flexibility index (Phi) is 4.14. The molecular formula is C12H13N3O4S. The highest BCUT2D eigenvalue weighted by Gasteiger charge is 2.21.